The lowest BCUT2D eigenvalue weighted by Crippen LogP contribution is -2.43. The van der Waals surface area contributed by atoms with Gasteiger partial charge >= 0.3 is 6.03 Å². The van der Waals surface area contributed by atoms with Gasteiger partial charge in [0.15, 0.2) is 21.5 Å². The molecule has 33 heavy (non-hydrogen) atoms. The van der Waals surface area contributed by atoms with E-state index in [0.717, 1.165) is 24.7 Å². The highest BCUT2D eigenvalue weighted by atomic mass is 35.5. The summed E-state index contributed by atoms with van der Waals surface area (Å²) in [5.41, 5.74) is 7.28. The van der Waals surface area contributed by atoms with Gasteiger partial charge in [0.1, 0.15) is 5.69 Å². The van der Waals surface area contributed by atoms with Crippen molar-refractivity contribution in [3.63, 3.8) is 0 Å². The molecule has 2 atom stereocenters. The molecule has 2 amide bonds. The summed E-state index contributed by atoms with van der Waals surface area (Å²) in [6.07, 6.45) is 3.82. The van der Waals surface area contributed by atoms with Crippen molar-refractivity contribution >= 4 is 27.5 Å². The topological polar surface area (TPSA) is 127 Å². The number of hydrogen-bond acceptors (Lipinski definition) is 6. The number of amides is 2. The van der Waals surface area contributed by atoms with Gasteiger partial charge in [-0.3, -0.25) is 5.21 Å². The number of primary amides is 1. The highest BCUT2D eigenvalue weighted by Gasteiger charge is 2.32. The van der Waals surface area contributed by atoms with Crippen LogP contribution in [0, 0.1) is 0 Å². The smallest absolute Gasteiger partial charge is 0.338 e. The lowest BCUT2D eigenvalue weighted by Gasteiger charge is -2.31. The maximum absolute atomic E-state index is 11.8. The predicted octanol–water partition coefficient (Wildman–Crippen LogP) is 4.86. The van der Waals surface area contributed by atoms with Crippen LogP contribution in [0.25, 0.3) is 22.6 Å². The minimum Gasteiger partial charge on any atom is -0.440 e. The molecule has 3 aromatic rings. The number of hydrogen-bond donors (Lipinski definition) is 2. The summed E-state index contributed by atoms with van der Waals surface area (Å²) >= 11 is 6.05. The number of rotatable bonds is 5. The Morgan fingerprint density at radius 2 is 1.76 bits per heavy atom. The molecular formula is C23H24ClN3O5S. The van der Waals surface area contributed by atoms with Gasteiger partial charge in [-0.25, -0.2) is 23.3 Å². The summed E-state index contributed by atoms with van der Waals surface area (Å²) in [4.78, 5) is 16.4. The first-order chi connectivity index (χ1) is 15.6. The number of carbonyl (C=O) groups excluding carboxylic acids is 1. The standard InChI is InChI=1S/C23H24ClN3O5S/c1-33(30,31)19-11-7-14(8-12-19)20-21(15-5-9-17(24)10-6-15)32-22(26-20)16-3-2-4-18(13-16)27(29)23(25)28/h5-12,16,18,29H,2-4,13H2,1H3,(H2,25,28). The van der Waals surface area contributed by atoms with Gasteiger partial charge in [0.05, 0.1) is 10.9 Å². The third kappa shape index (κ3) is 5.05. The molecule has 1 aromatic heterocycles. The molecule has 1 fully saturated rings. The van der Waals surface area contributed by atoms with E-state index in [9.17, 15) is 18.4 Å². The van der Waals surface area contributed by atoms with Crippen molar-refractivity contribution in [2.45, 2.75) is 42.5 Å². The largest absolute Gasteiger partial charge is 0.440 e. The second-order valence-corrected chi connectivity index (χ2v) is 10.7. The molecule has 0 saturated heterocycles. The Morgan fingerprint density at radius 3 is 2.36 bits per heavy atom. The van der Waals surface area contributed by atoms with Crippen LogP contribution < -0.4 is 5.73 Å². The number of halogens is 1. The van der Waals surface area contributed by atoms with E-state index in [1.54, 1.807) is 24.3 Å². The van der Waals surface area contributed by atoms with E-state index in [2.05, 4.69) is 0 Å². The molecule has 1 saturated carbocycles. The second-order valence-electron chi connectivity index (χ2n) is 8.23. The van der Waals surface area contributed by atoms with E-state index in [-0.39, 0.29) is 10.8 Å². The van der Waals surface area contributed by atoms with Crippen LogP contribution in [0.3, 0.4) is 0 Å². The number of nitrogens with zero attached hydrogens (tertiary/aromatic N) is 2. The Kier molecular flexibility index (Phi) is 6.47. The summed E-state index contributed by atoms with van der Waals surface area (Å²) in [5, 5.41) is 11.2. The lowest BCUT2D eigenvalue weighted by atomic mass is 9.85. The van der Waals surface area contributed by atoms with Crippen molar-refractivity contribution in [3.05, 3.63) is 59.4 Å². The number of urea groups is 1. The number of nitrogens with two attached hydrogens (primary N) is 1. The molecule has 174 valence electrons. The van der Waals surface area contributed by atoms with Crippen molar-refractivity contribution in [1.82, 2.24) is 10.0 Å². The minimum absolute atomic E-state index is 0.118. The molecule has 1 aliphatic rings. The van der Waals surface area contributed by atoms with E-state index in [1.807, 2.05) is 12.1 Å². The van der Waals surface area contributed by atoms with Crippen LogP contribution >= 0.6 is 11.6 Å². The van der Waals surface area contributed by atoms with Crippen molar-refractivity contribution < 1.29 is 22.8 Å². The minimum atomic E-state index is -3.33. The zero-order valence-corrected chi connectivity index (χ0v) is 19.5. The first-order valence-electron chi connectivity index (χ1n) is 10.5. The average Bonchev–Trinajstić information content (AvgIpc) is 3.24. The van der Waals surface area contributed by atoms with Crippen LogP contribution in [0.2, 0.25) is 5.02 Å². The van der Waals surface area contributed by atoms with E-state index < -0.39 is 21.9 Å². The molecule has 2 aromatic carbocycles. The van der Waals surface area contributed by atoms with Gasteiger partial charge < -0.3 is 10.2 Å². The fourth-order valence-electron chi connectivity index (χ4n) is 4.15. The normalized spacial score (nSPS) is 18.8. The molecule has 10 heteroatoms. The van der Waals surface area contributed by atoms with E-state index in [1.165, 1.54) is 12.1 Å². The van der Waals surface area contributed by atoms with Crippen molar-refractivity contribution in [3.8, 4) is 22.6 Å². The van der Waals surface area contributed by atoms with Crippen LogP contribution in [-0.2, 0) is 9.84 Å². The van der Waals surface area contributed by atoms with Gasteiger partial charge in [-0.2, -0.15) is 0 Å². The number of aromatic nitrogens is 1. The number of sulfone groups is 1. The zero-order chi connectivity index (χ0) is 23.8. The monoisotopic (exact) mass is 489 g/mol. The first kappa shape index (κ1) is 23.3. The van der Waals surface area contributed by atoms with Crippen LogP contribution in [0.1, 0.15) is 37.5 Å². The average molecular weight is 490 g/mol. The van der Waals surface area contributed by atoms with Gasteiger partial charge in [-0.1, -0.05) is 30.2 Å². The summed E-state index contributed by atoms with van der Waals surface area (Å²) in [6, 6.07) is 12.3. The van der Waals surface area contributed by atoms with Gasteiger partial charge in [0.2, 0.25) is 0 Å². The number of benzene rings is 2. The molecule has 0 aliphatic heterocycles. The van der Waals surface area contributed by atoms with Crippen LogP contribution in [0.5, 0.6) is 0 Å². The Balaban J connectivity index is 1.74. The maximum Gasteiger partial charge on any atom is 0.338 e. The van der Waals surface area contributed by atoms with Crippen molar-refractivity contribution in [2.75, 3.05) is 6.26 Å². The third-order valence-corrected chi connectivity index (χ3v) is 7.25. The summed E-state index contributed by atoms with van der Waals surface area (Å²) in [5.74, 6) is 0.907. The number of carbonyl (C=O) groups is 1. The Bertz CT molecular complexity index is 1260. The maximum atomic E-state index is 11.8. The molecule has 2 unspecified atom stereocenters. The predicted molar refractivity (Wildman–Crippen MR) is 124 cm³/mol. The molecule has 1 heterocycles. The summed E-state index contributed by atoms with van der Waals surface area (Å²) in [6.45, 7) is 0. The number of hydroxylamine groups is 2. The molecule has 0 spiro atoms. The second kappa shape index (κ2) is 9.17. The summed E-state index contributed by atoms with van der Waals surface area (Å²) < 4.78 is 29.9. The highest BCUT2D eigenvalue weighted by Crippen LogP contribution is 2.40. The molecule has 0 bridgehead atoms. The van der Waals surface area contributed by atoms with Gasteiger partial charge in [0.25, 0.3) is 0 Å². The van der Waals surface area contributed by atoms with E-state index >= 15 is 0 Å². The fourth-order valence-corrected chi connectivity index (χ4v) is 4.91. The third-order valence-electron chi connectivity index (χ3n) is 5.87. The van der Waals surface area contributed by atoms with Crippen LogP contribution in [0.15, 0.2) is 57.8 Å². The SMILES string of the molecule is CS(=O)(=O)c1ccc(-c2nc(C3CCCC(N(O)C(N)=O)C3)oc2-c2ccc(Cl)cc2)cc1. The fraction of sp³-hybridized carbons (Fsp3) is 0.304. The molecule has 4 rings (SSSR count). The van der Waals surface area contributed by atoms with Crippen LogP contribution in [-0.4, -0.2) is 42.0 Å². The molecule has 1 aliphatic carbocycles. The lowest BCUT2D eigenvalue weighted by molar-refractivity contribution is -0.0865. The quantitative estimate of drug-likeness (QED) is 0.389. The first-order valence-corrected chi connectivity index (χ1v) is 12.7. The zero-order valence-electron chi connectivity index (χ0n) is 17.9. The Morgan fingerprint density at radius 1 is 1.12 bits per heavy atom. The molecule has 0 radical (unpaired) electrons. The highest BCUT2D eigenvalue weighted by molar-refractivity contribution is 7.90. The van der Waals surface area contributed by atoms with Crippen molar-refractivity contribution in [1.29, 1.82) is 0 Å². The molecule has 8 nitrogen and oxygen atoms in total. The van der Waals surface area contributed by atoms with Gasteiger partial charge in [0, 0.05) is 28.3 Å². The van der Waals surface area contributed by atoms with E-state index in [0.29, 0.717) is 45.8 Å². The van der Waals surface area contributed by atoms with Gasteiger partial charge in [-0.15, -0.1) is 0 Å². The Labute approximate surface area is 196 Å². The molecular weight excluding hydrogens is 466 g/mol. The van der Waals surface area contributed by atoms with Gasteiger partial charge in [-0.05, 0) is 55.7 Å². The van der Waals surface area contributed by atoms with Crippen molar-refractivity contribution in [2.24, 2.45) is 5.73 Å². The van der Waals surface area contributed by atoms with E-state index in [4.69, 9.17) is 26.7 Å². The molecule has 3 N–H and O–H groups in total. The summed E-state index contributed by atoms with van der Waals surface area (Å²) in [7, 11) is -3.33. The Hall–Kier alpha value is -2.88. The van der Waals surface area contributed by atoms with Crippen LogP contribution in [0.4, 0.5) is 4.79 Å². The number of oxazole rings is 1.